The highest BCUT2D eigenvalue weighted by Gasteiger charge is 2.39. The molecule has 2 rings (SSSR count). The molecule has 1 aliphatic rings. The third kappa shape index (κ3) is 5.91. The molecule has 6 heteroatoms. The molecule has 0 spiro atoms. The van der Waals surface area contributed by atoms with Crippen molar-refractivity contribution in [2.24, 2.45) is 5.92 Å². The Kier molecular flexibility index (Phi) is 8.67. The Morgan fingerprint density at radius 2 is 2.00 bits per heavy atom. The smallest absolute Gasteiger partial charge is 0.417 e. The number of carbonyl (C=O) groups is 2. The van der Waals surface area contributed by atoms with E-state index in [9.17, 15) is 9.59 Å². The van der Waals surface area contributed by atoms with Gasteiger partial charge in [0.25, 0.3) is 5.91 Å². The van der Waals surface area contributed by atoms with Gasteiger partial charge in [-0.1, -0.05) is 57.2 Å². The predicted octanol–water partition coefficient (Wildman–Crippen LogP) is 3.95. The van der Waals surface area contributed by atoms with Gasteiger partial charge < -0.3 is 14.2 Å². The summed E-state index contributed by atoms with van der Waals surface area (Å²) >= 11 is 0. The molecule has 1 fully saturated rings. The maximum absolute atomic E-state index is 12.6. The lowest BCUT2D eigenvalue weighted by Crippen LogP contribution is -2.44. The van der Waals surface area contributed by atoms with Crippen LogP contribution in [0.15, 0.2) is 43.0 Å². The van der Waals surface area contributed by atoms with Gasteiger partial charge >= 0.3 is 6.09 Å². The monoisotopic (exact) mass is 389 g/mol. The molecule has 28 heavy (non-hydrogen) atoms. The number of nitrogens with zero attached hydrogens (tertiary/aromatic N) is 1. The number of rotatable bonds is 11. The number of ether oxygens (including phenoxy) is 3. The SMILES string of the molecule is C=CC[C@@H](OCc1ccccc1)[C@@H](CC)OCC(=O)N1C(=O)OC[C@H]1C(C)C. The van der Waals surface area contributed by atoms with Crippen molar-refractivity contribution in [3.63, 3.8) is 0 Å². The van der Waals surface area contributed by atoms with Gasteiger partial charge in [0, 0.05) is 0 Å². The first-order valence-corrected chi connectivity index (χ1v) is 9.84. The fourth-order valence-electron chi connectivity index (χ4n) is 3.22. The van der Waals surface area contributed by atoms with Crippen LogP contribution in [0.4, 0.5) is 4.79 Å². The summed E-state index contributed by atoms with van der Waals surface area (Å²) in [6.07, 6.45) is 1.99. The first-order chi connectivity index (χ1) is 13.5. The van der Waals surface area contributed by atoms with Crippen LogP contribution >= 0.6 is 0 Å². The van der Waals surface area contributed by atoms with E-state index in [0.29, 0.717) is 19.4 Å². The topological polar surface area (TPSA) is 65.1 Å². The Balaban J connectivity index is 1.94. The second kappa shape index (κ2) is 11.0. The van der Waals surface area contributed by atoms with Crippen LogP contribution < -0.4 is 0 Å². The lowest BCUT2D eigenvalue weighted by atomic mass is 10.0. The van der Waals surface area contributed by atoms with Gasteiger partial charge in [0.2, 0.25) is 0 Å². The zero-order chi connectivity index (χ0) is 20.5. The number of carbonyl (C=O) groups excluding carboxylic acids is 2. The van der Waals surface area contributed by atoms with Gasteiger partial charge in [-0.3, -0.25) is 4.79 Å². The lowest BCUT2D eigenvalue weighted by Gasteiger charge is -2.27. The van der Waals surface area contributed by atoms with Crippen LogP contribution in [0.2, 0.25) is 0 Å². The quantitative estimate of drug-likeness (QED) is 0.536. The molecule has 0 saturated carbocycles. The normalized spacial score (nSPS) is 18.8. The van der Waals surface area contributed by atoms with Crippen molar-refractivity contribution in [3.05, 3.63) is 48.6 Å². The number of imide groups is 1. The van der Waals surface area contributed by atoms with Crippen LogP contribution in [-0.4, -0.2) is 48.4 Å². The van der Waals surface area contributed by atoms with Crippen LogP contribution in [0.5, 0.6) is 0 Å². The summed E-state index contributed by atoms with van der Waals surface area (Å²) in [5, 5.41) is 0. The van der Waals surface area contributed by atoms with E-state index in [0.717, 1.165) is 5.56 Å². The van der Waals surface area contributed by atoms with E-state index in [1.165, 1.54) is 4.90 Å². The van der Waals surface area contributed by atoms with E-state index in [1.54, 1.807) is 6.08 Å². The molecule has 0 N–H and O–H groups in total. The maximum atomic E-state index is 12.6. The van der Waals surface area contributed by atoms with Gasteiger partial charge in [0.05, 0.1) is 24.9 Å². The highest BCUT2D eigenvalue weighted by atomic mass is 16.6. The standard InChI is InChI=1S/C22H31NO5/c1-5-10-20(26-13-17-11-8-7-9-12-17)19(6-2)27-15-21(24)23-18(16(3)4)14-28-22(23)25/h5,7-9,11-12,16,18-20H,1,6,10,13-15H2,2-4H3/t18-,19+,20+/m0/s1. The Morgan fingerprint density at radius 3 is 2.61 bits per heavy atom. The van der Waals surface area contributed by atoms with Crippen LogP contribution in [0.3, 0.4) is 0 Å². The molecule has 2 amide bonds. The van der Waals surface area contributed by atoms with Crippen LogP contribution in [0.25, 0.3) is 0 Å². The molecular formula is C22H31NO5. The number of hydrogen-bond donors (Lipinski definition) is 0. The Bertz CT molecular complexity index is 646. The summed E-state index contributed by atoms with van der Waals surface area (Å²) in [5.41, 5.74) is 1.07. The minimum Gasteiger partial charge on any atom is -0.447 e. The summed E-state index contributed by atoms with van der Waals surface area (Å²) in [6.45, 7) is 10.2. The van der Waals surface area contributed by atoms with Crippen molar-refractivity contribution in [1.29, 1.82) is 0 Å². The highest BCUT2D eigenvalue weighted by molar-refractivity contribution is 5.94. The number of amides is 2. The van der Waals surface area contributed by atoms with Gasteiger partial charge in [0.1, 0.15) is 13.2 Å². The molecule has 0 aliphatic carbocycles. The molecular weight excluding hydrogens is 358 g/mol. The lowest BCUT2D eigenvalue weighted by molar-refractivity contribution is -0.141. The second-order valence-electron chi connectivity index (χ2n) is 7.27. The molecule has 1 aromatic rings. The molecule has 3 atom stereocenters. The summed E-state index contributed by atoms with van der Waals surface area (Å²) in [5.74, 6) is -0.250. The first kappa shape index (κ1) is 22.1. The minimum absolute atomic E-state index is 0.125. The second-order valence-corrected chi connectivity index (χ2v) is 7.27. The molecule has 0 radical (unpaired) electrons. The average Bonchev–Trinajstić information content (AvgIpc) is 3.09. The van der Waals surface area contributed by atoms with Crippen molar-refractivity contribution < 1.29 is 23.8 Å². The fourth-order valence-corrected chi connectivity index (χ4v) is 3.22. The number of cyclic esters (lactones) is 1. The summed E-state index contributed by atoms with van der Waals surface area (Å²) in [6, 6.07) is 9.65. The van der Waals surface area contributed by atoms with E-state index in [1.807, 2.05) is 51.1 Å². The maximum Gasteiger partial charge on any atom is 0.417 e. The van der Waals surface area contributed by atoms with E-state index < -0.39 is 6.09 Å². The van der Waals surface area contributed by atoms with Crippen LogP contribution in [0.1, 0.15) is 39.2 Å². The summed E-state index contributed by atoms with van der Waals surface area (Å²) < 4.78 is 17.0. The zero-order valence-corrected chi connectivity index (χ0v) is 17.0. The molecule has 0 bridgehead atoms. The largest absolute Gasteiger partial charge is 0.447 e. The van der Waals surface area contributed by atoms with Crippen molar-refractivity contribution in [2.45, 2.75) is 58.5 Å². The molecule has 6 nitrogen and oxygen atoms in total. The number of hydrogen-bond acceptors (Lipinski definition) is 5. The highest BCUT2D eigenvalue weighted by Crippen LogP contribution is 2.21. The van der Waals surface area contributed by atoms with Gasteiger partial charge in [0.15, 0.2) is 0 Å². The molecule has 154 valence electrons. The fraction of sp³-hybridized carbons (Fsp3) is 0.545. The minimum atomic E-state index is -0.594. The van der Waals surface area contributed by atoms with Gasteiger partial charge in [-0.25, -0.2) is 9.69 Å². The zero-order valence-electron chi connectivity index (χ0n) is 17.0. The van der Waals surface area contributed by atoms with E-state index in [4.69, 9.17) is 14.2 Å². The van der Waals surface area contributed by atoms with E-state index >= 15 is 0 Å². The molecule has 0 aromatic heterocycles. The van der Waals surface area contributed by atoms with Gasteiger partial charge in [-0.15, -0.1) is 6.58 Å². The molecule has 1 saturated heterocycles. The Hall–Kier alpha value is -2.18. The Morgan fingerprint density at radius 1 is 1.29 bits per heavy atom. The molecule has 1 heterocycles. The van der Waals surface area contributed by atoms with Gasteiger partial charge in [-0.05, 0) is 24.3 Å². The summed E-state index contributed by atoms with van der Waals surface area (Å²) in [4.78, 5) is 25.7. The van der Waals surface area contributed by atoms with Crippen molar-refractivity contribution in [1.82, 2.24) is 4.90 Å². The molecule has 0 unspecified atom stereocenters. The molecule has 1 aromatic carbocycles. The third-order valence-corrected chi connectivity index (χ3v) is 4.89. The molecule has 1 aliphatic heterocycles. The van der Waals surface area contributed by atoms with Crippen LogP contribution in [-0.2, 0) is 25.6 Å². The van der Waals surface area contributed by atoms with E-state index in [-0.39, 0.29) is 43.3 Å². The van der Waals surface area contributed by atoms with E-state index in [2.05, 4.69) is 6.58 Å². The number of benzene rings is 1. The first-order valence-electron chi connectivity index (χ1n) is 9.84. The predicted molar refractivity (Wildman–Crippen MR) is 107 cm³/mol. The summed E-state index contributed by atoms with van der Waals surface area (Å²) in [7, 11) is 0. The van der Waals surface area contributed by atoms with Crippen LogP contribution in [0, 0.1) is 5.92 Å². The van der Waals surface area contributed by atoms with Crippen molar-refractivity contribution >= 4 is 12.0 Å². The third-order valence-electron chi connectivity index (χ3n) is 4.89. The Labute approximate surface area is 167 Å². The van der Waals surface area contributed by atoms with Crippen molar-refractivity contribution in [3.8, 4) is 0 Å². The average molecular weight is 389 g/mol. The van der Waals surface area contributed by atoms with Crippen molar-refractivity contribution in [2.75, 3.05) is 13.2 Å². The van der Waals surface area contributed by atoms with Gasteiger partial charge in [-0.2, -0.15) is 0 Å².